The minimum absolute atomic E-state index is 0.114. The van der Waals surface area contributed by atoms with Crippen molar-refractivity contribution < 1.29 is 13.2 Å². The molecule has 0 unspecified atom stereocenters. The fraction of sp³-hybridized carbons (Fsp3) is 0.533. The first-order valence-electron chi connectivity index (χ1n) is 7.60. The van der Waals surface area contributed by atoms with E-state index >= 15 is 0 Å². The van der Waals surface area contributed by atoms with E-state index in [-0.39, 0.29) is 12.3 Å². The molecule has 0 aromatic heterocycles. The summed E-state index contributed by atoms with van der Waals surface area (Å²) in [5, 5.41) is 2.69. The summed E-state index contributed by atoms with van der Waals surface area (Å²) in [6, 6.07) is 6.54. The third-order valence-corrected chi connectivity index (χ3v) is 5.62. The van der Waals surface area contributed by atoms with Crippen LogP contribution in [0.25, 0.3) is 0 Å². The molecule has 3 N–H and O–H groups in total. The molecule has 0 bridgehead atoms. The predicted molar refractivity (Wildman–Crippen MR) is 84.8 cm³/mol. The molecule has 0 saturated carbocycles. The van der Waals surface area contributed by atoms with Crippen LogP contribution < -0.4 is 11.1 Å². The molecular formula is C15H23N3O3S. The lowest BCUT2D eigenvalue weighted by Gasteiger charge is -2.25. The lowest BCUT2D eigenvalue weighted by molar-refractivity contribution is -0.120. The summed E-state index contributed by atoms with van der Waals surface area (Å²) < 4.78 is 26.5. The SMILES string of the molecule is NCCNC(=O)Cc1ccc(S(=O)(=O)N2CCCCC2)cc1. The van der Waals surface area contributed by atoms with E-state index in [0.717, 1.165) is 24.8 Å². The van der Waals surface area contributed by atoms with E-state index in [1.165, 1.54) is 0 Å². The fourth-order valence-electron chi connectivity index (χ4n) is 2.49. The number of nitrogens with two attached hydrogens (primary N) is 1. The van der Waals surface area contributed by atoms with Crippen LogP contribution in [0.4, 0.5) is 0 Å². The minimum atomic E-state index is -3.41. The number of piperidine rings is 1. The van der Waals surface area contributed by atoms with Crippen LogP contribution in [0.15, 0.2) is 29.2 Å². The van der Waals surface area contributed by atoms with Crippen LogP contribution in [-0.4, -0.2) is 44.8 Å². The number of hydrogen-bond donors (Lipinski definition) is 2. The minimum Gasteiger partial charge on any atom is -0.355 e. The number of benzene rings is 1. The summed E-state index contributed by atoms with van der Waals surface area (Å²) >= 11 is 0. The zero-order valence-electron chi connectivity index (χ0n) is 12.6. The highest BCUT2D eigenvalue weighted by molar-refractivity contribution is 7.89. The summed E-state index contributed by atoms with van der Waals surface area (Å²) in [5.74, 6) is -0.114. The van der Waals surface area contributed by atoms with Crippen molar-refractivity contribution in [3.8, 4) is 0 Å². The lowest BCUT2D eigenvalue weighted by Crippen LogP contribution is -2.35. The molecule has 1 aromatic carbocycles. The van der Waals surface area contributed by atoms with Crippen LogP contribution in [0.2, 0.25) is 0 Å². The molecular weight excluding hydrogens is 302 g/mol. The van der Waals surface area contributed by atoms with Gasteiger partial charge in [-0.1, -0.05) is 18.6 Å². The second kappa shape index (κ2) is 7.71. The van der Waals surface area contributed by atoms with Crippen molar-refractivity contribution in [3.63, 3.8) is 0 Å². The molecule has 7 heteroatoms. The molecule has 122 valence electrons. The lowest BCUT2D eigenvalue weighted by atomic mass is 10.1. The fourth-order valence-corrected chi connectivity index (χ4v) is 4.01. The van der Waals surface area contributed by atoms with Crippen LogP contribution in [0.5, 0.6) is 0 Å². The van der Waals surface area contributed by atoms with Crippen molar-refractivity contribution >= 4 is 15.9 Å². The molecule has 0 atom stereocenters. The van der Waals surface area contributed by atoms with Crippen molar-refractivity contribution in [2.24, 2.45) is 5.73 Å². The van der Waals surface area contributed by atoms with E-state index in [9.17, 15) is 13.2 Å². The van der Waals surface area contributed by atoms with Crippen molar-refractivity contribution in [1.29, 1.82) is 0 Å². The molecule has 0 aliphatic carbocycles. The summed E-state index contributed by atoms with van der Waals surface area (Å²) in [6.07, 6.45) is 3.14. The van der Waals surface area contributed by atoms with Crippen molar-refractivity contribution in [2.75, 3.05) is 26.2 Å². The van der Waals surface area contributed by atoms with Crippen molar-refractivity contribution in [1.82, 2.24) is 9.62 Å². The zero-order valence-corrected chi connectivity index (χ0v) is 13.4. The number of sulfonamides is 1. The van der Waals surface area contributed by atoms with Gasteiger partial charge in [0.15, 0.2) is 0 Å². The second-order valence-corrected chi connectivity index (χ2v) is 7.36. The largest absolute Gasteiger partial charge is 0.355 e. The summed E-state index contributed by atoms with van der Waals surface area (Å²) in [4.78, 5) is 11.9. The van der Waals surface area contributed by atoms with Crippen LogP contribution in [0.3, 0.4) is 0 Å². The molecule has 1 fully saturated rings. The average Bonchev–Trinajstić information content (AvgIpc) is 2.54. The Labute approximate surface area is 131 Å². The highest BCUT2D eigenvalue weighted by atomic mass is 32.2. The van der Waals surface area contributed by atoms with Crippen molar-refractivity contribution in [2.45, 2.75) is 30.6 Å². The topological polar surface area (TPSA) is 92.5 Å². The van der Waals surface area contributed by atoms with Crippen LogP contribution in [0, 0.1) is 0 Å². The second-order valence-electron chi connectivity index (χ2n) is 5.42. The molecule has 2 rings (SSSR count). The first kappa shape index (κ1) is 16.9. The van der Waals surface area contributed by atoms with Gasteiger partial charge in [-0.3, -0.25) is 4.79 Å². The molecule has 1 saturated heterocycles. The van der Waals surface area contributed by atoms with Gasteiger partial charge in [0.2, 0.25) is 15.9 Å². The number of carbonyl (C=O) groups excluding carboxylic acids is 1. The van der Waals surface area contributed by atoms with Gasteiger partial charge in [-0.05, 0) is 30.5 Å². The van der Waals surface area contributed by atoms with Crippen molar-refractivity contribution in [3.05, 3.63) is 29.8 Å². The maximum atomic E-state index is 12.5. The molecule has 0 spiro atoms. The zero-order chi connectivity index (χ0) is 16.0. The number of rotatable bonds is 6. The van der Waals surface area contributed by atoms with Gasteiger partial charge >= 0.3 is 0 Å². The monoisotopic (exact) mass is 325 g/mol. The molecule has 1 aromatic rings. The van der Waals surface area contributed by atoms with E-state index in [4.69, 9.17) is 5.73 Å². The van der Waals surface area contributed by atoms with Gasteiger partial charge in [-0.25, -0.2) is 8.42 Å². The van der Waals surface area contributed by atoms with Gasteiger partial charge in [-0.15, -0.1) is 0 Å². The molecule has 22 heavy (non-hydrogen) atoms. The van der Waals surface area contributed by atoms with Gasteiger partial charge in [0.05, 0.1) is 11.3 Å². The number of hydrogen-bond acceptors (Lipinski definition) is 4. The third-order valence-electron chi connectivity index (χ3n) is 3.71. The highest BCUT2D eigenvalue weighted by Crippen LogP contribution is 2.20. The molecule has 1 aliphatic rings. The number of carbonyl (C=O) groups is 1. The number of nitrogens with one attached hydrogen (secondary N) is 1. The van der Waals surface area contributed by atoms with Gasteiger partial charge in [0, 0.05) is 26.2 Å². The first-order valence-corrected chi connectivity index (χ1v) is 9.04. The van der Waals surface area contributed by atoms with Gasteiger partial charge in [0.1, 0.15) is 0 Å². The Bertz CT molecular complexity index is 593. The normalized spacial score (nSPS) is 16.4. The molecule has 1 heterocycles. The molecule has 0 radical (unpaired) electrons. The van der Waals surface area contributed by atoms with Gasteiger partial charge in [-0.2, -0.15) is 4.31 Å². The Morgan fingerprint density at radius 1 is 1.14 bits per heavy atom. The number of nitrogens with zero attached hydrogens (tertiary/aromatic N) is 1. The third kappa shape index (κ3) is 4.28. The Morgan fingerprint density at radius 3 is 2.36 bits per heavy atom. The van der Waals surface area contributed by atoms with E-state index in [1.807, 2.05) is 0 Å². The number of amides is 1. The van der Waals surface area contributed by atoms with Gasteiger partial charge in [0.25, 0.3) is 0 Å². The maximum Gasteiger partial charge on any atom is 0.243 e. The smallest absolute Gasteiger partial charge is 0.243 e. The molecule has 6 nitrogen and oxygen atoms in total. The van der Waals surface area contributed by atoms with Crippen LogP contribution in [0.1, 0.15) is 24.8 Å². The van der Waals surface area contributed by atoms with Crippen LogP contribution in [-0.2, 0) is 21.2 Å². The van der Waals surface area contributed by atoms with E-state index < -0.39 is 10.0 Å². The summed E-state index contributed by atoms with van der Waals surface area (Å²) in [5.41, 5.74) is 6.11. The van der Waals surface area contributed by atoms with E-state index in [0.29, 0.717) is 31.1 Å². The first-order chi connectivity index (χ1) is 10.5. The predicted octanol–water partition coefficient (Wildman–Crippen LogP) is 0.479. The van der Waals surface area contributed by atoms with E-state index in [1.54, 1.807) is 28.6 Å². The van der Waals surface area contributed by atoms with Crippen LogP contribution >= 0.6 is 0 Å². The Morgan fingerprint density at radius 2 is 1.77 bits per heavy atom. The standard InChI is InChI=1S/C15H23N3O3S/c16-8-9-17-15(19)12-13-4-6-14(7-5-13)22(20,21)18-10-2-1-3-11-18/h4-7H,1-3,8-12,16H2,(H,17,19). The van der Waals surface area contributed by atoms with E-state index in [2.05, 4.69) is 5.32 Å². The highest BCUT2D eigenvalue weighted by Gasteiger charge is 2.25. The molecule has 1 amide bonds. The maximum absolute atomic E-state index is 12.5. The quantitative estimate of drug-likeness (QED) is 0.795. The molecule has 1 aliphatic heterocycles. The Kier molecular flexibility index (Phi) is 5.93. The Hall–Kier alpha value is -1.44. The van der Waals surface area contributed by atoms with Gasteiger partial charge < -0.3 is 11.1 Å². The summed E-state index contributed by atoms with van der Waals surface area (Å²) in [7, 11) is -3.41. The Balaban J connectivity index is 2.03. The average molecular weight is 325 g/mol. The summed E-state index contributed by atoms with van der Waals surface area (Å²) in [6.45, 7) is 2.02.